The number of carbonyl (C=O) groups is 2. The number of rotatable bonds is 8. The van der Waals surface area contributed by atoms with E-state index in [-0.39, 0.29) is 11.8 Å². The third-order valence-corrected chi connectivity index (χ3v) is 6.92. The maximum atomic E-state index is 12.1. The zero-order chi connectivity index (χ0) is 20.1. The second-order valence-corrected chi connectivity index (χ2v) is 9.47. The smallest absolute Gasteiger partial charge is 0.226 e. The SMILES string of the molecule is O=C(CCSCCC(=O)Nc1nc2ccccc2s1)Nc1nc2ccccc2s1. The van der Waals surface area contributed by atoms with Crippen LogP contribution in [0.5, 0.6) is 0 Å². The molecular formula is C20H18N4O2S3. The third-order valence-electron chi connectivity index (χ3n) is 4.03. The van der Waals surface area contributed by atoms with Crippen LogP contribution in [-0.2, 0) is 9.59 Å². The largest absolute Gasteiger partial charge is 0.302 e. The minimum atomic E-state index is -0.0597. The molecule has 0 aliphatic rings. The molecule has 0 spiro atoms. The molecule has 0 bridgehead atoms. The molecule has 0 radical (unpaired) electrons. The molecule has 2 aromatic heterocycles. The number of benzene rings is 2. The fourth-order valence-corrected chi connectivity index (χ4v) is 5.27. The van der Waals surface area contributed by atoms with Crippen LogP contribution >= 0.6 is 34.4 Å². The lowest BCUT2D eigenvalue weighted by atomic mass is 10.3. The van der Waals surface area contributed by atoms with Crippen molar-refractivity contribution in [2.75, 3.05) is 22.1 Å². The van der Waals surface area contributed by atoms with Crippen LogP contribution in [0.25, 0.3) is 20.4 Å². The lowest BCUT2D eigenvalue weighted by Crippen LogP contribution is -2.13. The molecule has 2 amide bonds. The molecule has 2 N–H and O–H groups in total. The zero-order valence-corrected chi connectivity index (χ0v) is 17.8. The Morgan fingerprint density at radius 2 is 1.21 bits per heavy atom. The van der Waals surface area contributed by atoms with Gasteiger partial charge < -0.3 is 10.6 Å². The van der Waals surface area contributed by atoms with Crippen LogP contribution in [0, 0.1) is 0 Å². The van der Waals surface area contributed by atoms with Crippen molar-refractivity contribution in [3.8, 4) is 0 Å². The summed E-state index contributed by atoms with van der Waals surface area (Å²) in [5.74, 6) is 1.20. The Bertz CT molecular complexity index is 999. The highest BCUT2D eigenvalue weighted by molar-refractivity contribution is 7.99. The van der Waals surface area contributed by atoms with Crippen LogP contribution in [0.2, 0.25) is 0 Å². The normalized spacial score (nSPS) is 11.0. The van der Waals surface area contributed by atoms with Crippen molar-refractivity contribution in [3.05, 3.63) is 48.5 Å². The second-order valence-electron chi connectivity index (χ2n) is 6.18. The van der Waals surface area contributed by atoms with Crippen molar-refractivity contribution < 1.29 is 9.59 Å². The van der Waals surface area contributed by atoms with E-state index in [0.29, 0.717) is 34.6 Å². The number of carbonyl (C=O) groups excluding carboxylic acids is 2. The first kappa shape index (κ1) is 19.8. The Balaban J connectivity index is 1.14. The molecule has 0 aliphatic heterocycles. The number of hydrogen-bond acceptors (Lipinski definition) is 7. The number of nitrogens with zero attached hydrogens (tertiary/aromatic N) is 2. The van der Waals surface area contributed by atoms with E-state index in [1.54, 1.807) is 11.8 Å². The van der Waals surface area contributed by atoms with E-state index in [9.17, 15) is 9.59 Å². The number of thiazole rings is 2. The van der Waals surface area contributed by atoms with Gasteiger partial charge in [0.2, 0.25) is 11.8 Å². The summed E-state index contributed by atoms with van der Waals surface area (Å²) in [6, 6.07) is 15.6. The van der Waals surface area contributed by atoms with E-state index in [2.05, 4.69) is 20.6 Å². The Labute approximate surface area is 179 Å². The Hall–Kier alpha value is -2.49. The van der Waals surface area contributed by atoms with Crippen LogP contribution in [0.3, 0.4) is 0 Å². The average Bonchev–Trinajstić information content (AvgIpc) is 3.30. The predicted octanol–water partition coefficient (Wildman–Crippen LogP) is 5.00. The van der Waals surface area contributed by atoms with Gasteiger partial charge >= 0.3 is 0 Å². The molecule has 0 atom stereocenters. The lowest BCUT2D eigenvalue weighted by molar-refractivity contribution is -0.116. The van der Waals surface area contributed by atoms with Crippen LogP contribution in [0.15, 0.2) is 48.5 Å². The minimum Gasteiger partial charge on any atom is -0.302 e. The highest BCUT2D eigenvalue weighted by Gasteiger charge is 2.09. The number of thioether (sulfide) groups is 1. The molecule has 29 heavy (non-hydrogen) atoms. The Kier molecular flexibility index (Phi) is 6.38. The summed E-state index contributed by atoms with van der Waals surface area (Å²) in [5, 5.41) is 6.93. The van der Waals surface area contributed by atoms with E-state index < -0.39 is 0 Å². The zero-order valence-electron chi connectivity index (χ0n) is 15.4. The Morgan fingerprint density at radius 3 is 1.66 bits per heavy atom. The summed E-state index contributed by atoms with van der Waals surface area (Å²) in [6.07, 6.45) is 0.778. The molecule has 0 unspecified atom stereocenters. The number of aromatic nitrogens is 2. The number of anilines is 2. The molecule has 4 aromatic rings. The van der Waals surface area contributed by atoms with Crippen LogP contribution in [0.1, 0.15) is 12.8 Å². The standard InChI is InChI=1S/C20H18N4O2S3/c25-17(23-19-21-13-5-1-3-7-15(13)28-19)9-11-27-12-10-18(26)24-20-22-14-6-2-4-8-16(14)29-20/h1-8H,9-12H2,(H,21,23,25)(H,22,24,26). The number of amides is 2. The minimum absolute atomic E-state index is 0.0597. The maximum Gasteiger partial charge on any atom is 0.226 e. The average molecular weight is 443 g/mol. The molecule has 9 heteroatoms. The summed E-state index contributed by atoms with van der Waals surface area (Å²) < 4.78 is 2.10. The van der Waals surface area contributed by atoms with E-state index >= 15 is 0 Å². The first-order valence-corrected chi connectivity index (χ1v) is 11.8. The van der Waals surface area contributed by atoms with Gasteiger partial charge in [0, 0.05) is 24.3 Å². The summed E-state index contributed by atoms with van der Waals surface area (Å²) in [4.78, 5) is 32.9. The van der Waals surface area contributed by atoms with Crippen molar-refractivity contribution in [2.45, 2.75) is 12.8 Å². The summed E-state index contributed by atoms with van der Waals surface area (Å²) >= 11 is 4.52. The molecule has 4 rings (SSSR count). The lowest BCUT2D eigenvalue weighted by Gasteiger charge is -2.03. The van der Waals surface area contributed by atoms with Gasteiger partial charge in [0.15, 0.2) is 10.3 Å². The quantitative estimate of drug-likeness (QED) is 0.375. The third kappa shape index (κ3) is 5.31. The van der Waals surface area contributed by atoms with Crippen LogP contribution < -0.4 is 10.6 Å². The Morgan fingerprint density at radius 1 is 0.759 bits per heavy atom. The number of para-hydroxylation sites is 2. The van der Waals surface area contributed by atoms with Gasteiger partial charge in [-0.15, -0.1) is 0 Å². The van der Waals surface area contributed by atoms with E-state index in [1.165, 1.54) is 22.7 Å². The highest BCUT2D eigenvalue weighted by Crippen LogP contribution is 2.26. The first-order chi connectivity index (χ1) is 14.2. The number of hydrogen-bond donors (Lipinski definition) is 2. The van der Waals surface area contributed by atoms with Crippen LogP contribution in [-0.4, -0.2) is 33.3 Å². The molecule has 6 nitrogen and oxygen atoms in total. The van der Waals surface area contributed by atoms with Crippen molar-refractivity contribution >= 4 is 76.9 Å². The van der Waals surface area contributed by atoms with Gasteiger partial charge in [0.1, 0.15) is 0 Å². The summed E-state index contributed by atoms with van der Waals surface area (Å²) in [6.45, 7) is 0. The van der Waals surface area contributed by atoms with Crippen molar-refractivity contribution in [2.24, 2.45) is 0 Å². The predicted molar refractivity (Wildman–Crippen MR) is 123 cm³/mol. The number of nitrogens with one attached hydrogen (secondary N) is 2. The van der Waals surface area contributed by atoms with E-state index in [0.717, 1.165) is 20.4 Å². The molecule has 0 aliphatic carbocycles. The molecule has 0 saturated heterocycles. The summed E-state index contributed by atoms with van der Waals surface area (Å²) in [7, 11) is 0. The highest BCUT2D eigenvalue weighted by atomic mass is 32.2. The van der Waals surface area contributed by atoms with Crippen molar-refractivity contribution in [1.29, 1.82) is 0 Å². The molecule has 0 fully saturated rings. The number of fused-ring (bicyclic) bond motifs is 2. The van der Waals surface area contributed by atoms with Crippen molar-refractivity contribution in [3.63, 3.8) is 0 Å². The summed E-state index contributed by atoms with van der Waals surface area (Å²) in [5.41, 5.74) is 1.78. The van der Waals surface area contributed by atoms with Gasteiger partial charge in [-0.3, -0.25) is 9.59 Å². The van der Waals surface area contributed by atoms with E-state index in [4.69, 9.17) is 0 Å². The first-order valence-electron chi connectivity index (χ1n) is 9.06. The van der Waals surface area contributed by atoms with Gasteiger partial charge in [-0.05, 0) is 24.3 Å². The van der Waals surface area contributed by atoms with Gasteiger partial charge in [-0.25, -0.2) is 9.97 Å². The molecule has 0 saturated carbocycles. The van der Waals surface area contributed by atoms with Gasteiger partial charge in [-0.1, -0.05) is 46.9 Å². The second kappa shape index (κ2) is 9.34. The molecular weight excluding hydrogens is 424 g/mol. The van der Waals surface area contributed by atoms with E-state index in [1.807, 2.05) is 48.5 Å². The molecule has 148 valence electrons. The van der Waals surface area contributed by atoms with Crippen LogP contribution in [0.4, 0.5) is 10.3 Å². The maximum absolute atomic E-state index is 12.1. The van der Waals surface area contributed by atoms with Crippen molar-refractivity contribution in [1.82, 2.24) is 9.97 Å². The fraction of sp³-hybridized carbons (Fsp3) is 0.200. The van der Waals surface area contributed by atoms with Gasteiger partial charge in [-0.2, -0.15) is 11.8 Å². The topological polar surface area (TPSA) is 84.0 Å². The molecule has 2 heterocycles. The molecule has 2 aromatic carbocycles. The fourth-order valence-electron chi connectivity index (χ4n) is 2.65. The van der Waals surface area contributed by atoms with Gasteiger partial charge in [0.05, 0.1) is 20.4 Å². The van der Waals surface area contributed by atoms with Gasteiger partial charge in [0.25, 0.3) is 0 Å². The monoisotopic (exact) mass is 442 g/mol.